The third kappa shape index (κ3) is 3.06. The molecule has 6 nitrogen and oxygen atoms in total. The highest BCUT2D eigenvalue weighted by atomic mass is 16.3. The Balaban J connectivity index is 1.97. The van der Waals surface area contributed by atoms with Crippen LogP contribution >= 0.6 is 0 Å². The van der Waals surface area contributed by atoms with E-state index >= 15 is 0 Å². The van der Waals surface area contributed by atoms with Gasteiger partial charge >= 0.3 is 0 Å². The van der Waals surface area contributed by atoms with E-state index in [-0.39, 0.29) is 12.5 Å². The van der Waals surface area contributed by atoms with Gasteiger partial charge in [0.05, 0.1) is 18.7 Å². The molecule has 1 amide bonds. The van der Waals surface area contributed by atoms with Crippen LogP contribution in [0.1, 0.15) is 29.0 Å². The van der Waals surface area contributed by atoms with Crippen molar-refractivity contribution in [3.05, 3.63) is 23.7 Å². The molecule has 0 radical (unpaired) electrons. The summed E-state index contributed by atoms with van der Waals surface area (Å²) in [6.07, 6.45) is 3.72. The largest absolute Gasteiger partial charge is 0.467 e. The van der Waals surface area contributed by atoms with E-state index in [0.717, 1.165) is 12.8 Å². The fourth-order valence-electron chi connectivity index (χ4n) is 1.82. The normalized spacial score (nSPS) is 15.2. The molecule has 4 N–H and O–H groups in total. The number of carbonyl (C=O) groups excluding carboxylic acids is 1. The maximum Gasteiger partial charge on any atom is 0.268 e. The van der Waals surface area contributed by atoms with Crippen molar-refractivity contribution >= 4 is 5.91 Å². The highest BCUT2D eigenvalue weighted by Gasteiger charge is 2.29. The molecular weight excluding hydrogens is 222 g/mol. The van der Waals surface area contributed by atoms with Gasteiger partial charge in [-0.05, 0) is 18.9 Å². The number of amides is 1. The van der Waals surface area contributed by atoms with Gasteiger partial charge in [-0.3, -0.25) is 15.1 Å². The molecule has 0 spiro atoms. The van der Waals surface area contributed by atoms with E-state index in [4.69, 9.17) is 15.4 Å². The molecule has 1 aliphatic rings. The van der Waals surface area contributed by atoms with E-state index in [1.165, 1.54) is 6.26 Å². The van der Waals surface area contributed by atoms with Gasteiger partial charge in [0.15, 0.2) is 0 Å². The number of nitrogens with zero attached hydrogens (tertiary/aromatic N) is 1. The molecule has 1 saturated carbocycles. The summed E-state index contributed by atoms with van der Waals surface area (Å²) >= 11 is 0. The van der Waals surface area contributed by atoms with Crippen LogP contribution < -0.4 is 11.3 Å². The van der Waals surface area contributed by atoms with Crippen molar-refractivity contribution in [2.75, 3.05) is 13.2 Å². The Hall–Kier alpha value is -1.37. The van der Waals surface area contributed by atoms with E-state index in [0.29, 0.717) is 30.5 Å². The predicted molar refractivity (Wildman–Crippen MR) is 60.9 cm³/mol. The van der Waals surface area contributed by atoms with Crippen LogP contribution in [0.5, 0.6) is 0 Å². The summed E-state index contributed by atoms with van der Waals surface area (Å²) in [7, 11) is 0. The number of aliphatic hydroxyl groups is 1. The number of furan rings is 1. The van der Waals surface area contributed by atoms with E-state index in [9.17, 15) is 4.79 Å². The van der Waals surface area contributed by atoms with Crippen molar-refractivity contribution in [1.29, 1.82) is 0 Å². The van der Waals surface area contributed by atoms with Crippen molar-refractivity contribution in [3.8, 4) is 0 Å². The number of hydrogen-bond donors (Lipinski definition) is 3. The molecule has 1 aliphatic carbocycles. The first kappa shape index (κ1) is 12.1. The zero-order chi connectivity index (χ0) is 12.3. The third-order valence-electron chi connectivity index (χ3n) is 2.86. The van der Waals surface area contributed by atoms with Crippen molar-refractivity contribution in [1.82, 2.24) is 10.3 Å². The zero-order valence-corrected chi connectivity index (χ0v) is 9.56. The molecule has 17 heavy (non-hydrogen) atoms. The summed E-state index contributed by atoms with van der Waals surface area (Å²) in [5, 5.41) is 8.97. The fraction of sp³-hybridized carbons (Fsp3) is 0.545. The lowest BCUT2D eigenvalue weighted by Gasteiger charge is -2.18. The number of nitrogen functional groups attached to an aromatic ring is 1. The van der Waals surface area contributed by atoms with Gasteiger partial charge < -0.3 is 9.52 Å². The monoisotopic (exact) mass is 239 g/mol. The van der Waals surface area contributed by atoms with Crippen LogP contribution in [-0.4, -0.2) is 35.1 Å². The van der Waals surface area contributed by atoms with Gasteiger partial charge in [0.1, 0.15) is 12.0 Å². The number of carbonyl (C=O) groups is 1. The van der Waals surface area contributed by atoms with E-state index in [2.05, 4.69) is 10.3 Å². The standard InChI is InChI=1S/C11H17N3O3/c12-13-11(16)8-5-10(17-7-8)6-14(3-4-15)9-1-2-9/h5,7,9,15H,1-4,6,12H2,(H,13,16). The molecule has 0 bridgehead atoms. The van der Waals surface area contributed by atoms with Crippen LogP contribution in [0.3, 0.4) is 0 Å². The Kier molecular flexibility index (Phi) is 3.78. The third-order valence-corrected chi connectivity index (χ3v) is 2.86. The molecule has 1 fully saturated rings. The number of nitrogens with one attached hydrogen (secondary N) is 1. The Morgan fingerprint density at radius 3 is 3.00 bits per heavy atom. The minimum Gasteiger partial charge on any atom is -0.467 e. The summed E-state index contributed by atoms with van der Waals surface area (Å²) in [5.41, 5.74) is 2.47. The second kappa shape index (κ2) is 5.31. The van der Waals surface area contributed by atoms with Crippen LogP contribution in [0.15, 0.2) is 16.7 Å². The average molecular weight is 239 g/mol. The first-order valence-electron chi connectivity index (χ1n) is 5.68. The van der Waals surface area contributed by atoms with Crippen LogP contribution in [0.25, 0.3) is 0 Å². The van der Waals surface area contributed by atoms with Crippen molar-refractivity contribution in [2.45, 2.75) is 25.4 Å². The van der Waals surface area contributed by atoms with E-state index in [1.807, 2.05) is 0 Å². The molecule has 1 aromatic heterocycles. The molecule has 0 saturated heterocycles. The molecule has 2 rings (SSSR count). The van der Waals surface area contributed by atoms with Gasteiger partial charge in [-0.2, -0.15) is 0 Å². The summed E-state index contributed by atoms with van der Waals surface area (Å²) < 4.78 is 5.30. The highest BCUT2D eigenvalue weighted by Crippen LogP contribution is 2.28. The number of nitrogens with two attached hydrogens (primary N) is 1. The van der Waals surface area contributed by atoms with Gasteiger partial charge in [-0.25, -0.2) is 5.84 Å². The number of hydrogen-bond acceptors (Lipinski definition) is 5. The molecule has 0 aliphatic heterocycles. The topological polar surface area (TPSA) is 91.7 Å². The molecular formula is C11H17N3O3. The second-order valence-corrected chi connectivity index (χ2v) is 4.20. The van der Waals surface area contributed by atoms with E-state index in [1.54, 1.807) is 6.07 Å². The maximum atomic E-state index is 11.2. The van der Waals surface area contributed by atoms with Gasteiger partial charge in [0, 0.05) is 12.6 Å². The first-order valence-corrected chi connectivity index (χ1v) is 5.68. The van der Waals surface area contributed by atoms with Gasteiger partial charge in [-0.1, -0.05) is 0 Å². The molecule has 1 aromatic rings. The number of rotatable bonds is 6. The Bertz CT molecular complexity index is 387. The molecule has 1 heterocycles. The second-order valence-electron chi connectivity index (χ2n) is 4.20. The SMILES string of the molecule is NNC(=O)c1coc(CN(CCO)C2CC2)c1. The Morgan fingerprint density at radius 1 is 1.65 bits per heavy atom. The lowest BCUT2D eigenvalue weighted by molar-refractivity contribution is 0.0953. The summed E-state index contributed by atoms with van der Waals surface area (Å²) in [4.78, 5) is 13.4. The van der Waals surface area contributed by atoms with Crippen LogP contribution in [0.4, 0.5) is 0 Å². The molecule has 0 unspecified atom stereocenters. The maximum absolute atomic E-state index is 11.2. The van der Waals surface area contributed by atoms with Crippen molar-refractivity contribution in [2.24, 2.45) is 5.84 Å². The average Bonchev–Trinajstić information content (AvgIpc) is 3.08. The summed E-state index contributed by atoms with van der Waals surface area (Å²) in [5.74, 6) is 5.39. The smallest absolute Gasteiger partial charge is 0.268 e. The zero-order valence-electron chi connectivity index (χ0n) is 9.56. The van der Waals surface area contributed by atoms with Gasteiger partial charge in [-0.15, -0.1) is 0 Å². The van der Waals surface area contributed by atoms with Crippen LogP contribution in [0.2, 0.25) is 0 Å². The number of hydrazine groups is 1. The molecule has 94 valence electrons. The quantitative estimate of drug-likeness (QED) is 0.364. The first-order chi connectivity index (χ1) is 8.24. The molecule has 0 aromatic carbocycles. The van der Waals surface area contributed by atoms with Crippen LogP contribution in [0, 0.1) is 0 Å². The van der Waals surface area contributed by atoms with Gasteiger partial charge in [0.25, 0.3) is 5.91 Å². The summed E-state index contributed by atoms with van der Waals surface area (Å²) in [6.45, 7) is 1.38. The minimum absolute atomic E-state index is 0.132. The Labute approximate surface area is 99.3 Å². The summed E-state index contributed by atoms with van der Waals surface area (Å²) in [6, 6.07) is 2.22. The van der Waals surface area contributed by atoms with Crippen molar-refractivity contribution in [3.63, 3.8) is 0 Å². The minimum atomic E-state index is -0.361. The Morgan fingerprint density at radius 2 is 2.41 bits per heavy atom. The van der Waals surface area contributed by atoms with Gasteiger partial charge in [0.2, 0.25) is 0 Å². The molecule has 6 heteroatoms. The van der Waals surface area contributed by atoms with Crippen molar-refractivity contribution < 1.29 is 14.3 Å². The number of aliphatic hydroxyl groups excluding tert-OH is 1. The lowest BCUT2D eigenvalue weighted by Crippen LogP contribution is -2.29. The molecule has 0 atom stereocenters. The van der Waals surface area contributed by atoms with E-state index < -0.39 is 0 Å². The van der Waals surface area contributed by atoms with Crippen LogP contribution in [-0.2, 0) is 6.54 Å². The lowest BCUT2D eigenvalue weighted by atomic mass is 10.3. The fourth-order valence-corrected chi connectivity index (χ4v) is 1.82. The predicted octanol–water partition coefficient (Wildman–Crippen LogP) is -0.160. The highest BCUT2D eigenvalue weighted by molar-refractivity contribution is 5.93.